The van der Waals surface area contributed by atoms with Crippen molar-refractivity contribution in [2.24, 2.45) is 11.7 Å². The van der Waals surface area contributed by atoms with E-state index in [9.17, 15) is 9.59 Å². The molecule has 3 N–H and O–H groups in total. The number of carbonyl (C=O) groups excluding carboxylic acids is 2. The molecular weight excluding hydrogens is 548 g/mol. The third-order valence-electron chi connectivity index (χ3n) is 9.40. The van der Waals surface area contributed by atoms with E-state index in [4.69, 9.17) is 10.5 Å². The summed E-state index contributed by atoms with van der Waals surface area (Å²) in [5.74, 6) is 0.494. The molecule has 3 fully saturated rings. The number of amides is 2. The molecule has 7 heteroatoms. The van der Waals surface area contributed by atoms with Gasteiger partial charge in [0.25, 0.3) is 0 Å². The number of nitrogens with one attached hydrogen (secondary N) is 1. The number of anilines is 2. The molecule has 0 spiro atoms. The van der Waals surface area contributed by atoms with Gasteiger partial charge in [-0.1, -0.05) is 67.4 Å². The van der Waals surface area contributed by atoms with Gasteiger partial charge in [0.15, 0.2) is 0 Å². The molecule has 0 bridgehead atoms. The fourth-order valence-electron chi connectivity index (χ4n) is 6.68. The first kappa shape index (κ1) is 30.2. The van der Waals surface area contributed by atoms with Crippen LogP contribution >= 0.6 is 0 Å². The van der Waals surface area contributed by atoms with E-state index in [-0.39, 0.29) is 24.6 Å². The molecule has 3 aromatic rings. The molecular formula is C37H46N4O3. The van der Waals surface area contributed by atoms with Crippen molar-refractivity contribution in [2.45, 2.75) is 89.4 Å². The van der Waals surface area contributed by atoms with Gasteiger partial charge in [0.2, 0.25) is 5.91 Å². The summed E-state index contributed by atoms with van der Waals surface area (Å²) in [6, 6.07) is 25.1. The Balaban J connectivity index is 1.23. The van der Waals surface area contributed by atoms with Crippen LogP contribution in [0.25, 0.3) is 11.1 Å². The zero-order valence-electron chi connectivity index (χ0n) is 25.8. The lowest BCUT2D eigenvalue weighted by molar-refractivity contribution is -0.136. The number of nitrogens with zero attached hydrogens (tertiary/aromatic N) is 2. The molecule has 0 radical (unpaired) electrons. The Bertz CT molecular complexity index is 1410. The fourth-order valence-corrected chi connectivity index (χ4v) is 6.68. The van der Waals surface area contributed by atoms with Gasteiger partial charge in [-0.2, -0.15) is 0 Å². The highest BCUT2D eigenvalue weighted by atomic mass is 16.5. The van der Waals surface area contributed by atoms with E-state index in [0.29, 0.717) is 12.5 Å². The summed E-state index contributed by atoms with van der Waals surface area (Å²) in [6.45, 7) is 2.78. The van der Waals surface area contributed by atoms with E-state index in [1.165, 1.54) is 12.8 Å². The first-order chi connectivity index (χ1) is 21.5. The van der Waals surface area contributed by atoms with Crippen LogP contribution in [0.15, 0.2) is 72.8 Å². The van der Waals surface area contributed by atoms with Gasteiger partial charge in [-0.25, -0.2) is 4.79 Å². The minimum absolute atomic E-state index is 0.190. The third-order valence-corrected chi connectivity index (χ3v) is 9.40. The van der Waals surface area contributed by atoms with Gasteiger partial charge in [0, 0.05) is 37.6 Å². The average Bonchev–Trinajstić information content (AvgIpc) is 3.92. The normalized spacial score (nSPS) is 20.4. The van der Waals surface area contributed by atoms with Gasteiger partial charge in [0.05, 0.1) is 11.4 Å². The first-order valence-corrected chi connectivity index (χ1v) is 16.6. The summed E-state index contributed by atoms with van der Waals surface area (Å²) in [5.41, 5.74) is 12.1. The number of benzene rings is 3. The Morgan fingerprint density at radius 3 is 2.23 bits per heavy atom. The van der Waals surface area contributed by atoms with Gasteiger partial charge in [-0.3, -0.25) is 10.1 Å². The van der Waals surface area contributed by atoms with Gasteiger partial charge < -0.3 is 20.3 Å². The van der Waals surface area contributed by atoms with Gasteiger partial charge in [-0.05, 0) is 91.8 Å². The molecule has 1 heterocycles. The van der Waals surface area contributed by atoms with E-state index >= 15 is 0 Å². The van der Waals surface area contributed by atoms with Crippen molar-refractivity contribution in [3.05, 3.63) is 83.9 Å². The number of nitrogens with two attached hydrogens (primary N) is 1. The number of hydrogen-bond donors (Lipinski definition) is 2. The number of ether oxygens (including phenoxy) is 1. The van der Waals surface area contributed by atoms with Crippen LogP contribution in [-0.2, 0) is 22.7 Å². The molecule has 0 aromatic heterocycles. The van der Waals surface area contributed by atoms with E-state index in [1.54, 1.807) is 0 Å². The second-order valence-electron chi connectivity index (χ2n) is 12.8. The summed E-state index contributed by atoms with van der Waals surface area (Å²) >= 11 is 0. The second-order valence-corrected chi connectivity index (χ2v) is 12.8. The van der Waals surface area contributed by atoms with Crippen LogP contribution in [0.4, 0.5) is 16.2 Å². The molecule has 1 saturated heterocycles. The zero-order valence-corrected chi connectivity index (χ0v) is 25.8. The summed E-state index contributed by atoms with van der Waals surface area (Å²) < 4.78 is 5.60. The van der Waals surface area contributed by atoms with Gasteiger partial charge in [-0.15, -0.1) is 0 Å². The Hall–Kier alpha value is -3.84. The molecule has 3 aliphatic rings. The molecule has 2 amide bonds. The van der Waals surface area contributed by atoms with E-state index in [2.05, 4.69) is 57.6 Å². The summed E-state index contributed by atoms with van der Waals surface area (Å²) in [7, 11) is 0. The maximum absolute atomic E-state index is 13.4. The maximum Gasteiger partial charge on any atom is 0.412 e. The van der Waals surface area contributed by atoms with Crippen molar-refractivity contribution in [3.63, 3.8) is 0 Å². The number of rotatable bonds is 9. The predicted octanol–water partition coefficient (Wildman–Crippen LogP) is 7.49. The standard InChI is InChI=1S/C37H46N4O3/c38-32-16-18-33(19-17-32)41(36(42)29-13-14-29)25-28-11-8-12-30(23-28)31-15-20-35(40-21-6-1-2-7-22-40)34(24-31)39-37(43)44-26-27-9-4-3-5-10-27/h3-5,8-12,15,20,23-24,29,32-33H,1-2,6-7,13-14,16-19,21-22,25-26,38H2,(H,39,43). The van der Waals surface area contributed by atoms with Crippen molar-refractivity contribution in [1.82, 2.24) is 4.90 Å². The highest BCUT2D eigenvalue weighted by molar-refractivity contribution is 5.91. The van der Waals surface area contributed by atoms with E-state index in [0.717, 1.165) is 98.1 Å². The summed E-state index contributed by atoms with van der Waals surface area (Å²) in [4.78, 5) is 30.9. The maximum atomic E-state index is 13.4. The quantitative estimate of drug-likeness (QED) is 0.268. The van der Waals surface area contributed by atoms with Crippen molar-refractivity contribution < 1.29 is 14.3 Å². The summed E-state index contributed by atoms with van der Waals surface area (Å²) in [5, 5.41) is 3.07. The van der Waals surface area contributed by atoms with Gasteiger partial charge >= 0.3 is 6.09 Å². The lowest BCUT2D eigenvalue weighted by Crippen LogP contribution is -2.44. The van der Waals surface area contributed by atoms with Crippen LogP contribution in [-0.4, -0.2) is 42.1 Å². The van der Waals surface area contributed by atoms with Gasteiger partial charge in [0.1, 0.15) is 6.61 Å². The molecule has 7 nitrogen and oxygen atoms in total. The highest BCUT2D eigenvalue weighted by Gasteiger charge is 2.37. The Labute approximate surface area is 261 Å². The molecule has 0 atom stereocenters. The minimum atomic E-state index is -0.461. The van der Waals surface area contributed by atoms with Crippen LogP contribution in [0.3, 0.4) is 0 Å². The summed E-state index contributed by atoms with van der Waals surface area (Å²) in [6.07, 6.45) is 10.2. The Morgan fingerprint density at radius 2 is 1.50 bits per heavy atom. The largest absolute Gasteiger partial charge is 0.444 e. The SMILES string of the molecule is NC1CCC(N(Cc2cccc(-c3ccc(N4CCCCCC4)c(NC(=O)OCc4ccccc4)c3)c2)C(=O)C2CC2)CC1. The molecule has 2 saturated carbocycles. The second kappa shape index (κ2) is 14.3. The molecule has 6 rings (SSSR count). The van der Waals surface area contributed by atoms with E-state index < -0.39 is 6.09 Å². The number of carbonyl (C=O) groups is 2. The number of hydrogen-bond acceptors (Lipinski definition) is 5. The van der Waals surface area contributed by atoms with Crippen LogP contribution < -0.4 is 16.0 Å². The Morgan fingerprint density at radius 1 is 0.795 bits per heavy atom. The zero-order chi connectivity index (χ0) is 30.3. The topological polar surface area (TPSA) is 87.9 Å². The average molecular weight is 595 g/mol. The van der Waals surface area contributed by atoms with Crippen LogP contribution in [0, 0.1) is 5.92 Å². The Kier molecular flexibility index (Phi) is 9.81. The minimum Gasteiger partial charge on any atom is -0.444 e. The smallest absolute Gasteiger partial charge is 0.412 e. The monoisotopic (exact) mass is 594 g/mol. The van der Waals surface area contributed by atoms with Crippen molar-refractivity contribution >= 4 is 23.4 Å². The molecule has 1 aliphatic heterocycles. The third kappa shape index (κ3) is 7.81. The first-order valence-electron chi connectivity index (χ1n) is 16.6. The van der Waals surface area contributed by atoms with E-state index in [1.807, 2.05) is 30.3 Å². The molecule has 2 aliphatic carbocycles. The lowest BCUT2D eigenvalue weighted by atomic mass is 9.90. The molecule has 0 unspecified atom stereocenters. The molecule has 3 aromatic carbocycles. The van der Waals surface area contributed by atoms with Crippen molar-refractivity contribution in [2.75, 3.05) is 23.3 Å². The van der Waals surface area contributed by atoms with Crippen LogP contribution in [0.2, 0.25) is 0 Å². The van der Waals surface area contributed by atoms with Crippen LogP contribution in [0.1, 0.15) is 75.3 Å². The lowest BCUT2D eigenvalue weighted by Gasteiger charge is -2.36. The predicted molar refractivity (Wildman–Crippen MR) is 176 cm³/mol. The molecule has 232 valence electrons. The molecule has 44 heavy (non-hydrogen) atoms. The van der Waals surface area contributed by atoms with Crippen molar-refractivity contribution in [1.29, 1.82) is 0 Å². The van der Waals surface area contributed by atoms with Crippen molar-refractivity contribution in [3.8, 4) is 11.1 Å². The fraction of sp³-hybridized carbons (Fsp3) is 0.459. The van der Waals surface area contributed by atoms with Crippen LogP contribution in [0.5, 0.6) is 0 Å². The highest BCUT2D eigenvalue weighted by Crippen LogP contribution is 2.36.